The first kappa shape index (κ1) is 21.6. The van der Waals surface area contributed by atoms with Crippen LogP contribution in [0, 0.1) is 0 Å². The lowest BCUT2D eigenvalue weighted by molar-refractivity contribution is -0.139. The molecule has 0 aromatic heterocycles. The predicted molar refractivity (Wildman–Crippen MR) is 116 cm³/mol. The Balaban J connectivity index is 2.02. The van der Waals surface area contributed by atoms with E-state index in [1.54, 1.807) is 26.0 Å². The summed E-state index contributed by atoms with van der Waals surface area (Å²) in [6.45, 7) is 1.40. The van der Waals surface area contributed by atoms with Gasteiger partial charge >= 0.3 is 0 Å². The van der Waals surface area contributed by atoms with E-state index >= 15 is 0 Å². The number of methoxy groups -OCH3 is 2. The molecule has 0 N–H and O–H groups in total. The lowest BCUT2D eigenvalue weighted by Gasteiger charge is -2.28. The van der Waals surface area contributed by atoms with Crippen molar-refractivity contribution in [2.75, 3.05) is 53.1 Å². The van der Waals surface area contributed by atoms with E-state index in [0.29, 0.717) is 6.54 Å². The zero-order valence-electron chi connectivity index (χ0n) is 17.3. The summed E-state index contributed by atoms with van der Waals surface area (Å²) in [5.41, 5.74) is 1.93. The van der Waals surface area contributed by atoms with Gasteiger partial charge in [0.05, 0.1) is 18.0 Å². The Morgan fingerprint density at radius 2 is 1.79 bits per heavy atom. The molecule has 6 nitrogen and oxygen atoms in total. The van der Waals surface area contributed by atoms with Crippen molar-refractivity contribution < 1.29 is 19.0 Å². The molecule has 156 valence electrons. The third-order valence-corrected chi connectivity index (χ3v) is 6.15. The molecule has 1 amide bonds. The van der Waals surface area contributed by atoms with Crippen LogP contribution in [-0.2, 0) is 14.3 Å². The monoisotopic (exact) mass is 416 g/mol. The molecule has 0 radical (unpaired) electrons. The lowest BCUT2D eigenvalue weighted by Crippen LogP contribution is -2.44. The van der Waals surface area contributed by atoms with Crippen LogP contribution >= 0.6 is 11.8 Å². The second-order valence-electron chi connectivity index (χ2n) is 7.07. The molecule has 2 aromatic rings. The van der Waals surface area contributed by atoms with E-state index in [0.717, 1.165) is 28.4 Å². The van der Waals surface area contributed by atoms with Gasteiger partial charge < -0.3 is 24.0 Å². The van der Waals surface area contributed by atoms with Gasteiger partial charge in [0.1, 0.15) is 12.5 Å². The summed E-state index contributed by atoms with van der Waals surface area (Å²) < 4.78 is 16.4. The molecule has 1 aliphatic heterocycles. The van der Waals surface area contributed by atoms with Crippen molar-refractivity contribution in [1.29, 1.82) is 0 Å². The summed E-state index contributed by atoms with van der Waals surface area (Å²) in [5.74, 6) is 0.725. The van der Waals surface area contributed by atoms with E-state index in [1.165, 1.54) is 0 Å². The molecule has 3 rings (SSSR count). The Labute approximate surface area is 176 Å². The molecule has 0 spiro atoms. The number of hydrogen-bond acceptors (Lipinski definition) is 6. The average Bonchev–Trinajstić information content (AvgIpc) is 2.85. The summed E-state index contributed by atoms with van der Waals surface area (Å²) in [6, 6.07) is 15.8. The molecule has 0 unspecified atom stereocenters. The van der Waals surface area contributed by atoms with Gasteiger partial charge in [-0.05, 0) is 43.9 Å². The van der Waals surface area contributed by atoms with Crippen molar-refractivity contribution >= 4 is 23.4 Å². The summed E-state index contributed by atoms with van der Waals surface area (Å²) in [7, 11) is 7.21. The predicted octanol–water partition coefficient (Wildman–Crippen LogP) is 3.43. The number of likely N-dealkylation sites (N-methyl/N-ethyl adjacent to an activating group) is 1. The lowest BCUT2D eigenvalue weighted by atomic mass is 10.1. The fourth-order valence-electron chi connectivity index (χ4n) is 3.25. The normalized spacial score (nSPS) is 19.2. The Kier molecular flexibility index (Phi) is 7.55. The summed E-state index contributed by atoms with van der Waals surface area (Å²) in [6.07, 6.45) is -0.664. The number of nitrogens with zero attached hydrogens (tertiary/aromatic N) is 2. The third-order valence-electron chi connectivity index (χ3n) is 4.77. The highest BCUT2D eigenvalue weighted by Crippen LogP contribution is 2.46. The average molecular weight is 417 g/mol. The van der Waals surface area contributed by atoms with Gasteiger partial charge in [-0.3, -0.25) is 4.79 Å². The van der Waals surface area contributed by atoms with Crippen molar-refractivity contribution in [3.63, 3.8) is 0 Å². The van der Waals surface area contributed by atoms with Gasteiger partial charge in [-0.25, -0.2) is 0 Å². The smallest absolute Gasteiger partial charge is 0.257 e. The number of ether oxygens (including phenoxy) is 3. The van der Waals surface area contributed by atoms with Gasteiger partial charge in [0.2, 0.25) is 0 Å². The number of thioether (sulfide) groups is 1. The molecule has 0 saturated heterocycles. The molecule has 2 aromatic carbocycles. The molecule has 1 heterocycles. The zero-order valence-corrected chi connectivity index (χ0v) is 18.1. The fourth-order valence-corrected chi connectivity index (χ4v) is 4.59. The molecular weight excluding hydrogens is 388 g/mol. The van der Waals surface area contributed by atoms with Gasteiger partial charge in [0.15, 0.2) is 6.10 Å². The number of anilines is 1. The second-order valence-corrected chi connectivity index (χ2v) is 8.25. The maximum atomic E-state index is 13.6. The van der Waals surface area contributed by atoms with Crippen LogP contribution in [0.15, 0.2) is 53.4 Å². The number of amides is 1. The number of fused-ring (bicyclic) bond motifs is 1. The molecule has 7 heteroatoms. The minimum atomic E-state index is -0.664. The maximum absolute atomic E-state index is 13.6. The number of carbonyl (C=O) groups excluding carboxylic acids is 1. The van der Waals surface area contributed by atoms with Gasteiger partial charge in [-0.2, -0.15) is 0 Å². The molecular formula is C22H28N2O4S. The van der Waals surface area contributed by atoms with Gasteiger partial charge in [-0.15, -0.1) is 11.8 Å². The van der Waals surface area contributed by atoms with Crippen molar-refractivity contribution in [3.8, 4) is 5.75 Å². The largest absolute Gasteiger partial charge is 0.497 e. The number of para-hydroxylation sites is 1. The molecule has 29 heavy (non-hydrogen) atoms. The first-order valence-electron chi connectivity index (χ1n) is 9.51. The van der Waals surface area contributed by atoms with E-state index in [1.807, 2.05) is 61.5 Å². The first-order chi connectivity index (χ1) is 14.0. The highest BCUT2D eigenvalue weighted by atomic mass is 32.2. The van der Waals surface area contributed by atoms with Gasteiger partial charge in [0.25, 0.3) is 5.91 Å². The number of hydrogen-bond donors (Lipinski definition) is 0. The standard InChI is InChI=1S/C22H28N2O4S/c1-23(2)13-14-24-18-7-5-6-8-19(18)29-21(20(22(24)25)28-15-26-3)16-9-11-17(27-4)12-10-16/h5-12,20-21H,13-15H2,1-4H3/t20-,21+/m1/s1. The van der Waals surface area contributed by atoms with E-state index in [9.17, 15) is 4.79 Å². The SMILES string of the molecule is COCO[C@H]1C(=O)N(CCN(C)C)c2ccccc2S[C@H]1c1ccc(OC)cc1. The molecule has 0 fully saturated rings. The molecule has 0 aliphatic carbocycles. The van der Waals surface area contributed by atoms with Gasteiger partial charge in [-0.1, -0.05) is 24.3 Å². The number of benzene rings is 2. The summed E-state index contributed by atoms with van der Waals surface area (Å²) in [5, 5.41) is -0.200. The Morgan fingerprint density at radius 1 is 1.07 bits per heavy atom. The highest BCUT2D eigenvalue weighted by molar-refractivity contribution is 7.99. The highest BCUT2D eigenvalue weighted by Gasteiger charge is 2.39. The zero-order chi connectivity index (χ0) is 20.8. The molecule has 2 atom stereocenters. The van der Waals surface area contributed by atoms with E-state index < -0.39 is 6.10 Å². The fraction of sp³-hybridized carbons (Fsp3) is 0.409. The van der Waals surface area contributed by atoms with Crippen molar-refractivity contribution in [2.45, 2.75) is 16.2 Å². The third kappa shape index (κ3) is 5.11. The minimum Gasteiger partial charge on any atom is -0.497 e. The number of rotatable bonds is 8. The van der Waals surface area contributed by atoms with Crippen LogP contribution < -0.4 is 9.64 Å². The van der Waals surface area contributed by atoms with Crippen molar-refractivity contribution in [3.05, 3.63) is 54.1 Å². The van der Waals surface area contributed by atoms with Crippen LogP contribution in [-0.4, -0.2) is 65.1 Å². The van der Waals surface area contributed by atoms with Gasteiger partial charge in [0, 0.05) is 25.1 Å². The van der Waals surface area contributed by atoms with Crippen LogP contribution in [0.1, 0.15) is 10.8 Å². The van der Waals surface area contributed by atoms with E-state index in [-0.39, 0.29) is 18.0 Å². The van der Waals surface area contributed by atoms with Crippen molar-refractivity contribution in [1.82, 2.24) is 4.90 Å². The molecule has 0 bridgehead atoms. The van der Waals surface area contributed by atoms with Crippen LogP contribution in [0.5, 0.6) is 5.75 Å². The van der Waals surface area contributed by atoms with E-state index in [2.05, 4.69) is 11.0 Å². The van der Waals surface area contributed by atoms with Crippen LogP contribution in [0.4, 0.5) is 5.69 Å². The Bertz CT molecular complexity index is 813. The number of carbonyl (C=O) groups is 1. The van der Waals surface area contributed by atoms with E-state index in [4.69, 9.17) is 14.2 Å². The van der Waals surface area contributed by atoms with Crippen LogP contribution in [0.2, 0.25) is 0 Å². The maximum Gasteiger partial charge on any atom is 0.257 e. The van der Waals surface area contributed by atoms with Crippen LogP contribution in [0.3, 0.4) is 0 Å². The first-order valence-corrected chi connectivity index (χ1v) is 10.4. The Morgan fingerprint density at radius 3 is 2.45 bits per heavy atom. The summed E-state index contributed by atoms with van der Waals surface area (Å²) in [4.78, 5) is 18.6. The molecule has 0 saturated carbocycles. The van der Waals surface area contributed by atoms with Crippen molar-refractivity contribution in [2.24, 2.45) is 0 Å². The second kappa shape index (κ2) is 10.1. The minimum absolute atomic E-state index is 0.0535. The Hall–Kier alpha value is -2.06. The summed E-state index contributed by atoms with van der Waals surface area (Å²) >= 11 is 1.65. The topological polar surface area (TPSA) is 51.2 Å². The quantitative estimate of drug-likeness (QED) is 0.615. The van der Waals surface area contributed by atoms with Crippen LogP contribution in [0.25, 0.3) is 0 Å². The molecule has 1 aliphatic rings.